The van der Waals surface area contributed by atoms with Gasteiger partial charge in [-0.2, -0.15) is 0 Å². The molecular weight excluding hydrogens is 308 g/mol. The lowest BCUT2D eigenvalue weighted by atomic mass is 10.0. The summed E-state index contributed by atoms with van der Waals surface area (Å²) < 4.78 is 21.9. The van der Waals surface area contributed by atoms with Gasteiger partial charge in [-0.3, -0.25) is 0 Å². The molecule has 0 amide bonds. The Hall–Kier alpha value is -1.85. The van der Waals surface area contributed by atoms with Gasteiger partial charge >= 0.3 is 5.97 Å². The molecule has 2 atom stereocenters. The summed E-state index contributed by atoms with van der Waals surface area (Å²) in [6.07, 6.45) is 3.27. The van der Waals surface area contributed by atoms with E-state index in [4.69, 9.17) is 18.9 Å². The number of benzene rings is 1. The molecule has 0 spiro atoms. The topological polar surface area (TPSA) is 57.3 Å². The zero-order valence-electron chi connectivity index (χ0n) is 14.8. The lowest BCUT2D eigenvalue weighted by molar-refractivity contribution is -0.137. The molecule has 0 unspecified atom stereocenters. The molecule has 1 aromatic carbocycles. The second-order valence-corrected chi connectivity index (χ2v) is 5.94. The number of hydrogen-bond donors (Lipinski definition) is 0. The van der Waals surface area contributed by atoms with E-state index in [1.54, 1.807) is 13.0 Å². The summed E-state index contributed by atoms with van der Waals surface area (Å²) >= 11 is 0. The van der Waals surface area contributed by atoms with Crippen molar-refractivity contribution < 1.29 is 23.7 Å². The first-order valence-electron chi connectivity index (χ1n) is 8.38. The van der Waals surface area contributed by atoms with Gasteiger partial charge in [-0.05, 0) is 45.4 Å². The van der Waals surface area contributed by atoms with Crippen LogP contribution in [0.5, 0.6) is 5.75 Å². The number of epoxide rings is 1. The van der Waals surface area contributed by atoms with Crippen LogP contribution in [0.3, 0.4) is 0 Å². The first-order valence-corrected chi connectivity index (χ1v) is 8.38. The molecule has 0 aliphatic carbocycles. The van der Waals surface area contributed by atoms with Gasteiger partial charge in [-0.25, -0.2) is 4.79 Å². The molecule has 0 aromatic heterocycles. The van der Waals surface area contributed by atoms with Gasteiger partial charge in [-0.1, -0.05) is 12.1 Å². The molecule has 1 heterocycles. The second-order valence-electron chi connectivity index (χ2n) is 5.94. The van der Waals surface area contributed by atoms with Gasteiger partial charge in [0.15, 0.2) is 0 Å². The van der Waals surface area contributed by atoms with Gasteiger partial charge in [0.2, 0.25) is 0 Å². The van der Waals surface area contributed by atoms with Crippen molar-refractivity contribution in [2.75, 3.05) is 19.8 Å². The second kappa shape index (κ2) is 8.85. The third kappa shape index (κ3) is 5.65. The van der Waals surface area contributed by atoms with Crippen molar-refractivity contribution in [1.82, 2.24) is 0 Å². The van der Waals surface area contributed by atoms with Crippen LogP contribution >= 0.6 is 0 Å². The van der Waals surface area contributed by atoms with Crippen LogP contribution in [0.25, 0.3) is 6.08 Å². The van der Waals surface area contributed by atoms with Crippen LogP contribution in [-0.4, -0.2) is 38.0 Å². The number of hydrogen-bond acceptors (Lipinski definition) is 5. The van der Waals surface area contributed by atoms with E-state index in [-0.39, 0.29) is 24.3 Å². The molecule has 1 aliphatic rings. The van der Waals surface area contributed by atoms with Gasteiger partial charge in [0, 0.05) is 11.6 Å². The minimum absolute atomic E-state index is 0.0334. The van der Waals surface area contributed by atoms with Crippen LogP contribution in [-0.2, 0) is 19.0 Å². The fourth-order valence-corrected chi connectivity index (χ4v) is 2.30. The lowest BCUT2D eigenvalue weighted by Crippen LogP contribution is -2.11. The van der Waals surface area contributed by atoms with Crippen LogP contribution in [0, 0.1) is 0 Å². The van der Waals surface area contributed by atoms with Crippen molar-refractivity contribution in [2.24, 2.45) is 0 Å². The maximum Gasteiger partial charge on any atom is 0.330 e. The van der Waals surface area contributed by atoms with Crippen molar-refractivity contribution in [3.05, 3.63) is 35.4 Å². The Balaban J connectivity index is 2.24. The molecule has 1 aromatic rings. The maximum atomic E-state index is 11.7. The number of esters is 1. The molecule has 5 heteroatoms. The highest BCUT2D eigenvalue weighted by Gasteiger charge is 2.24. The normalized spacial score (nSPS) is 18.0. The van der Waals surface area contributed by atoms with Gasteiger partial charge < -0.3 is 18.9 Å². The maximum absolute atomic E-state index is 11.7. The molecule has 0 saturated carbocycles. The molecule has 0 N–H and O–H groups in total. The summed E-state index contributed by atoms with van der Waals surface area (Å²) in [4.78, 5) is 11.7. The fourth-order valence-electron chi connectivity index (χ4n) is 2.30. The predicted octanol–water partition coefficient (Wildman–Crippen LogP) is 3.53. The molecule has 0 radical (unpaired) electrons. The summed E-state index contributed by atoms with van der Waals surface area (Å²) in [6.45, 7) is 9.38. The average Bonchev–Trinajstić information content (AvgIpc) is 3.35. The average molecular weight is 334 g/mol. The summed E-state index contributed by atoms with van der Waals surface area (Å²) in [5.41, 5.74) is 1.80. The van der Waals surface area contributed by atoms with E-state index < -0.39 is 0 Å². The third-order valence-corrected chi connectivity index (χ3v) is 3.51. The van der Waals surface area contributed by atoms with E-state index in [2.05, 4.69) is 0 Å². The van der Waals surface area contributed by atoms with Crippen LogP contribution in [0.15, 0.2) is 24.3 Å². The smallest absolute Gasteiger partial charge is 0.330 e. The zero-order chi connectivity index (χ0) is 17.5. The van der Waals surface area contributed by atoms with Crippen molar-refractivity contribution >= 4 is 12.0 Å². The highest BCUT2D eigenvalue weighted by molar-refractivity contribution is 5.88. The Morgan fingerprint density at radius 1 is 1.38 bits per heavy atom. The number of ether oxygens (including phenoxy) is 4. The Morgan fingerprint density at radius 2 is 2.12 bits per heavy atom. The number of carbonyl (C=O) groups excluding carboxylic acids is 1. The lowest BCUT2D eigenvalue weighted by Gasteiger charge is -2.19. The predicted molar refractivity (Wildman–Crippen MR) is 92.0 cm³/mol. The van der Waals surface area contributed by atoms with Crippen LogP contribution in [0.2, 0.25) is 0 Å². The van der Waals surface area contributed by atoms with Gasteiger partial charge in [0.05, 0.1) is 32.0 Å². The van der Waals surface area contributed by atoms with Crippen LogP contribution < -0.4 is 4.74 Å². The Bertz CT molecular complexity index is 575. The van der Waals surface area contributed by atoms with E-state index >= 15 is 0 Å². The standard InChI is InChI=1S/C19H26O5/c1-5-21-19(20)10-9-17-16(14(4)22-11-15-12-23-15)7-6-8-18(17)24-13(2)3/h6-10,13-15H,5,11-12H2,1-4H3/b10-9+/t14-,15+/m1/s1. The highest BCUT2D eigenvalue weighted by atomic mass is 16.6. The molecule has 24 heavy (non-hydrogen) atoms. The monoisotopic (exact) mass is 334 g/mol. The van der Waals surface area contributed by atoms with E-state index in [9.17, 15) is 4.79 Å². The third-order valence-electron chi connectivity index (χ3n) is 3.51. The van der Waals surface area contributed by atoms with Crippen LogP contribution in [0.1, 0.15) is 44.9 Å². The van der Waals surface area contributed by atoms with E-state index in [0.717, 1.165) is 23.5 Å². The summed E-state index contributed by atoms with van der Waals surface area (Å²) in [5.74, 6) is 0.351. The minimum Gasteiger partial charge on any atom is -0.490 e. The molecule has 132 valence electrons. The molecule has 0 bridgehead atoms. The van der Waals surface area contributed by atoms with Crippen molar-refractivity contribution in [3.63, 3.8) is 0 Å². The Labute approximate surface area is 143 Å². The molecule has 2 rings (SSSR count). The highest BCUT2D eigenvalue weighted by Crippen LogP contribution is 2.31. The van der Waals surface area contributed by atoms with E-state index in [0.29, 0.717) is 13.2 Å². The fraction of sp³-hybridized carbons (Fsp3) is 0.526. The zero-order valence-corrected chi connectivity index (χ0v) is 14.8. The molecule has 1 aliphatic heterocycles. The summed E-state index contributed by atoms with van der Waals surface area (Å²) in [5, 5.41) is 0. The first-order chi connectivity index (χ1) is 11.5. The SMILES string of the molecule is CCOC(=O)/C=C/c1c(OC(C)C)cccc1[C@@H](C)OC[C@H]1CO1. The van der Waals surface area contributed by atoms with Crippen molar-refractivity contribution in [2.45, 2.75) is 46.0 Å². The van der Waals surface area contributed by atoms with Crippen molar-refractivity contribution in [1.29, 1.82) is 0 Å². The van der Waals surface area contributed by atoms with Gasteiger partial charge in [-0.15, -0.1) is 0 Å². The largest absolute Gasteiger partial charge is 0.490 e. The summed E-state index contributed by atoms with van der Waals surface area (Å²) in [7, 11) is 0. The molecule has 5 nitrogen and oxygen atoms in total. The molecule has 1 saturated heterocycles. The molecular formula is C19H26O5. The Morgan fingerprint density at radius 3 is 2.75 bits per heavy atom. The number of rotatable bonds is 9. The van der Waals surface area contributed by atoms with Crippen LogP contribution in [0.4, 0.5) is 0 Å². The molecule has 1 fully saturated rings. The Kier molecular flexibility index (Phi) is 6.82. The van der Waals surface area contributed by atoms with E-state index in [1.807, 2.05) is 39.0 Å². The number of carbonyl (C=O) groups is 1. The van der Waals surface area contributed by atoms with E-state index in [1.165, 1.54) is 6.08 Å². The minimum atomic E-state index is -0.372. The first kappa shape index (κ1) is 18.5. The quantitative estimate of drug-likeness (QED) is 0.393. The van der Waals surface area contributed by atoms with Gasteiger partial charge in [0.1, 0.15) is 11.9 Å². The summed E-state index contributed by atoms with van der Waals surface area (Å²) in [6, 6.07) is 5.81. The van der Waals surface area contributed by atoms with Crippen molar-refractivity contribution in [3.8, 4) is 5.75 Å². The van der Waals surface area contributed by atoms with Gasteiger partial charge in [0.25, 0.3) is 0 Å².